The fraction of sp³-hybridized carbons (Fsp3) is 0.923. The molecule has 3 N–H and O–H groups in total. The van der Waals surface area contributed by atoms with Gasteiger partial charge in [0, 0.05) is 6.42 Å². The molecule has 410 valence electrons. The molecule has 0 aliphatic carbocycles. The van der Waals surface area contributed by atoms with Crippen LogP contribution < -0.4 is 5.32 Å². The molecule has 0 saturated heterocycles. The maximum atomic E-state index is 12.5. The average Bonchev–Trinajstić information content (AvgIpc) is 3.35. The zero-order valence-electron chi connectivity index (χ0n) is 47.4. The zero-order valence-corrected chi connectivity index (χ0v) is 47.4. The molecule has 0 radical (unpaired) electrons. The maximum Gasteiger partial charge on any atom is 0.220 e. The number of hydrogen-bond donors (Lipinski definition) is 3. The third-order valence-corrected chi connectivity index (χ3v) is 15.2. The van der Waals surface area contributed by atoms with Gasteiger partial charge in [-0.05, 0) is 44.9 Å². The number of hydrogen-bond acceptors (Lipinski definition) is 3. The Morgan fingerprint density at radius 1 is 0.333 bits per heavy atom. The van der Waals surface area contributed by atoms with E-state index in [2.05, 4.69) is 31.3 Å². The van der Waals surface area contributed by atoms with Crippen LogP contribution in [0.2, 0.25) is 0 Å². The van der Waals surface area contributed by atoms with E-state index in [0.717, 1.165) is 25.7 Å². The Labute approximate surface area is 434 Å². The quantitative estimate of drug-likeness (QED) is 0.0420. The second kappa shape index (κ2) is 61.2. The molecule has 0 aromatic heterocycles. The lowest BCUT2D eigenvalue weighted by atomic mass is 10.0. The first kappa shape index (κ1) is 67.9. The van der Waals surface area contributed by atoms with Gasteiger partial charge in [-0.3, -0.25) is 4.79 Å². The summed E-state index contributed by atoms with van der Waals surface area (Å²) in [6.07, 6.45) is 82.5. The Hall–Kier alpha value is -1.13. The Bertz CT molecular complexity index is 1010. The second-order valence-electron chi connectivity index (χ2n) is 22.2. The van der Waals surface area contributed by atoms with Gasteiger partial charge in [0.25, 0.3) is 0 Å². The van der Waals surface area contributed by atoms with E-state index in [9.17, 15) is 15.0 Å². The third-order valence-electron chi connectivity index (χ3n) is 15.2. The van der Waals surface area contributed by atoms with E-state index in [0.29, 0.717) is 6.42 Å². The third kappa shape index (κ3) is 57.6. The molecule has 0 aliphatic rings. The number of rotatable bonds is 60. The predicted octanol–water partition coefficient (Wildman–Crippen LogP) is 21.4. The predicted molar refractivity (Wildman–Crippen MR) is 309 cm³/mol. The fourth-order valence-electron chi connectivity index (χ4n) is 10.3. The summed E-state index contributed by atoms with van der Waals surface area (Å²) in [6, 6.07) is -0.619. The minimum atomic E-state index is -0.836. The van der Waals surface area contributed by atoms with Gasteiger partial charge in [0.05, 0.1) is 18.8 Å². The first-order valence-electron chi connectivity index (χ1n) is 32.1. The van der Waals surface area contributed by atoms with Crippen LogP contribution in [0, 0.1) is 0 Å². The van der Waals surface area contributed by atoms with Gasteiger partial charge < -0.3 is 15.5 Å². The summed E-state index contributed by atoms with van der Waals surface area (Å²) in [4.78, 5) is 12.5. The SMILES string of the molecule is CCCCCCCCCC/C=C\CCCCCCCCCCCCCCCCCCCCCCCCCCCCCC(=O)NC(CO)C(O)/C=C/CCCCCCCCCCCCCCCCCC. The summed E-state index contributed by atoms with van der Waals surface area (Å²) in [5.41, 5.74) is 0. The van der Waals surface area contributed by atoms with Crippen LogP contribution in [0.1, 0.15) is 367 Å². The van der Waals surface area contributed by atoms with Crippen LogP contribution in [0.3, 0.4) is 0 Å². The van der Waals surface area contributed by atoms with E-state index >= 15 is 0 Å². The normalized spacial score (nSPS) is 12.8. The van der Waals surface area contributed by atoms with Crippen LogP contribution in [0.5, 0.6) is 0 Å². The summed E-state index contributed by atoms with van der Waals surface area (Å²) in [7, 11) is 0. The lowest BCUT2D eigenvalue weighted by molar-refractivity contribution is -0.123. The molecule has 4 nitrogen and oxygen atoms in total. The molecule has 0 aliphatic heterocycles. The van der Waals surface area contributed by atoms with Gasteiger partial charge in [-0.1, -0.05) is 340 Å². The molecular formula is C65H127NO3. The van der Waals surface area contributed by atoms with Crippen molar-refractivity contribution in [3.63, 3.8) is 0 Å². The van der Waals surface area contributed by atoms with Gasteiger partial charge in [-0.15, -0.1) is 0 Å². The van der Waals surface area contributed by atoms with E-state index < -0.39 is 12.1 Å². The minimum absolute atomic E-state index is 0.0558. The Kier molecular flexibility index (Phi) is 60.2. The highest BCUT2D eigenvalue weighted by molar-refractivity contribution is 5.76. The molecule has 4 heteroatoms. The maximum absolute atomic E-state index is 12.5. The van der Waals surface area contributed by atoms with Crippen LogP contribution in [0.25, 0.3) is 0 Å². The molecule has 0 spiro atoms. The average molecular weight is 971 g/mol. The number of aliphatic hydroxyl groups is 2. The van der Waals surface area contributed by atoms with Crippen LogP contribution in [0.15, 0.2) is 24.3 Å². The summed E-state index contributed by atoms with van der Waals surface area (Å²) >= 11 is 0. The molecule has 0 aromatic carbocycles. The number of carbonyl (C=O) groups excluding carboxylic acids is 1. The van der Waals surface area contributed by atoms with E-state index in [4.69, 9.17) is 0 Å². The molecule has 0 aromatic rings. The van der Waals surface area contributed by atoms with E-state index in [-0.39, 0.29) is 12.5 Å². The van der Waals surface area contributed by atoms with Crippen molar-refractivity contribution in [1.82, 2.24) is 5.32 Å². The lowest BCUT2D eigenvalue weighted by Gasteiger charge is -2.20. The Balaban J connectivity index is 3.37. The Morgan fingerprint density at radius 3 is 0.797 bits per heavy atom. The molecule has 1 amide bonds. The van der Waals surface area contributed by atoms with Crippen LogP contribution in [-0.4, -0.2) is 34.9 Å². The highest BCUT2D eigenvalue weighted by Crippen LogP contribution is 2.18. The number of carbonyl (C=O) groups is 1. The standard InChI is InChI=1S/C65H127NO3/c1-3-5-7-9-11-13-15-17-19-21-23-24-25-26-27-28-29-30-31-32-33-34-35-36-37-38-39-40-41-42-43-45-47-49-51-53-55-57-59-61-65(69)66-63(62-67)64(68)60-58-56-54-52-50-48-46-44-22-20-18-16-14-12-10-8-6-4-2/h21,23,58,60,63-64,67-68H,3-20,22,24-57,59,61-62H2,1-2H3,(H,66,69)/b23-21-,60-58+. The number of allylic oxidation sites excluding steroid dienone is 3. The lowest BCUT2D eigenvalue weighted by Crippen LogP contribution is -2.45. The van der Waals surface area contributed by atoms with Crippen LogP contribution >= 0.6 is 0 Å². The summed E-state index contributed by atoms with van der Waals surface area (Å²) in [5, 5.41) is 23.2. The number of aliphatic hydroxyl groups excluding tert-OH is 2. The molecule has 0 fully saturated rings. The molecule has 0 saturated carbocycles. The van der Waals surface area contributed by atoms with Gasteiger partial charge in [0.1, 0.15) is 0 Å². The van der Waals surface area contributed by atoms with Crippen molar-refractivity contribution in [2.24, 2.45) is 0 Å². The van der Waals surface area contributed by atoms with Gasteiger partial charge in [-0.25, -0.2) is 0 Å². The molecule has 0 rings (SSSR count). The number of nitrogens with one attached hydrogen (secondary N) is 1. The second-order valence-corrected chi connectivity index (χ2v) is 22.2. The molecule has 2 atom stereocenters. The van der Waals surface area contributed by atoms with E-state index in [1.54, 1.807) is 6.08 Å². The van der Waals surface area contributed by atoms with Crippen molar-refractivity contribution >= 4 is 5.91 Å². The topological polar surface area (TPSA) is 69.6 Å². The monoisotopic (exact) mass is 970 g/mol. The van der Waals surface area contributed by atoms with Crippen molar-refractivity contribution in [1.29, 1.82) is 0 Å². The number of unbranched alkanes of at least 4 members (excludes halogenated alkanes) is 51. The van der Waals surface area contributed by atoms with Crippen molar-refractivity contribution < 1.29 is 15.0 Å². The van der Waals surface area contributed by atoms with Crippen molar-refractivity contribution in [3.8, 4) is 0 Å². The van der Waals surface area contributed by atoms with Gasteiger partial charge >= 0.3 is 0 Å². The molecule has 2 unspecified atom stereocenters. The van der Waals surface area contributed by atoms with Gasteiger partial charge in [0.15, 0.2) is 0 Å². The van der Waals surface area contributed by atoms with E-state index in [1.807, 2.05) is 6.08 Å². The molecule has 0 heterocycles. The highest BCUT2D eigenvalue weighted by atomic mass is 16.3. The highest BCUT2D eigenvalue weighted by Gasteiger charge is 2.18. The van der Waals surface area contributed by atoms with Crippen molar-refractivity contribution in [3.05, 3.63) is 24.3 Å². The van der Waals surface area contributed by atoms with Crippen LogP contribution in [0.4, 0.5) is 0 Å². The summed E-state index contributed by atoms with van der Waals surface area (Å²) < 4.78 is 0. The molecule has 69 heavy (non-hydrogen) atoms. The summed E-state index contributed by atoms with van der Waals surface area (Å²) in [5.74, 6) is -0.0558. The molecular weight excluding hydrogens is 843 g/mol. The van der Waals surface area contributed by atoms with Crippen molar-refractivity contribution in [2.45, 2.75) is 379 Å². The minimum Gasteiger partial charge on any atom is -0.394 e. The number of amides is 1. The summed E-state index contributed by atoms with van der Waals surface area (Å²) in [6.45, 7) is 4.35. The smallest absolute Gasteiger partial charge is 0.220 e. The van der Waals surface area contributed by atoms with Crippen LogP contribution in [-0.2, 0) is 4.79 Å². The van der Waals surface area contributed by atoms with E-state index in [1.165, 1.54) is 321 Å². The first-order chi connectivity index (χ1) is 34.2. The fourth-order valence-corrected chi connectivity index (χ4v) is 10.3. The van der Waals surface area contributed by atoms with Gasteiger partial charge in [-0.2, -0.15) is 0 Å². The zero-order chi connectivity index (χ0) is 49.9. The van der Waals surface area contributed by atoms with Crippen molar-refractivity contribution in [2.75, 3.05) is 6.61 Å². The Morgan fingerprint density at radius 2 is 0.551 bits per heavy atom. The van der Waals surface area contributed by atoms with Gasteiger partial charge in [0.2, 0.25) is 5.91 Å². The molecule has 0 bridgehead atoms. The largest absolute Gasteiger partial charge is 0.394 e. The first-order valence-corrected chi connectivity index (χ1v) is 32.1.